The summed E-state index contributed by atoms with van der Waals surface area (Å²) in [6, 6.07) is 7.47. The Morgan fingerprint density at radius 2 is 2.00 bits per heavy atom. The zero-order valence-electron chi connectivity index (χ0n) is 9.39. The Morgan fingerprint density at radius 1 is 1.33 bits per heavy atom. The van der Waals surface area contributed by atoms with Gasteiger partial charge in [-0.2, -0.15) is 5.26 Å². The average molecular weight is 264 g/mol. The van der Waals surface area contributed by atoms with Gasteiger partial charge in [-0.15, -0.1) is 0 Å². The second kappa shape index (κ2) is 5.07. The van der Waals surface area contributed by atoms with E-state index in [9.17, 15) is 9.59 Å². The minimum Gasteiger partial charge on any atom is -0.322 e. The van der Waals surface area contributed by atoms with Gasteiger partial charge in [0.25, 0.3) is 5.91 Å². The number of halogens is 1. The molecule has 1 fully saturated rings. The number of nitrogens with zero attached hydrogens (tertiary/aromatic N) is 2. The number of carbonyl (C=O) groups is 2. The van der Waals surface area contributed by atoms with Gasteiger partial charge in [-0.3, -0.25) is 9.69 Å². The topological polar surface area (TPSA) is 73.2 Å². The van der Waals surface area contributed by atoms with Crippen LogP contribution in [0.5, 0.6) is 0 Å². The van der Waals surface area contributed by atoms with Crippen LogP contribution in [0.2, 0.25) is 5.02 Å². The second-order valence-electron chi connectivity index (χ2n) is 3.83. The summed E-state index contributed by atoms with van der Waals surface area (Å²) in [5.41, 5.74) is 0.678. The molecule has 92 valence electrons. The van der Waals surface area contributed by atoms with Gasteiger partial charge in [0.1, 0.15) is 6.04 Å². The van der Waals surface area contributed by atoms with Gasteiger partial charge in [0.2, 0.25) is 0 Å². The third-order valence-electron chi connectivity index (χ3n) is 2.68. The van der Waals surface area contributed by atoms with E-state index in [1.165, 1.54) is 0 Å². The van der Waals surface area contributed by atoms with Crippen LogP contribution in [0.4, 0.5) is 4.79 Å². The van der Waals surface area contributed by atoms with Gasteiger partial charge in [0, 0.05) is 11.6 Å². The second-order valence-corrected chi connectivity index (χ2v) is 4.27. The van der Waals surface area contributed by atoms with Gasteiger partial charge in [0.15, 0.2) is 0 Å². The van der Waals surface area contributed by atoms with Crippen molar-refractivity contribution in [2.24, 2.45) is 0 Å². The molecule has 18 heavy (non-hydrogen) atoms. The van der Waals surface area contributed by atoms with Crippen molar-refractivity contribution in [3.63, 3.8) is 0 Å². The molecular weight excluding hydrogens is 254 g/mol. The Hall–Kier alpha value is -2.06. The van der Waals surface area contributed by atoms with Crippen LogP contribution >= 0.6 is 11.6 Å². The Kier molecular flexibility index (Phi) is 3.49. The largest absolute Gasteiger partial charge is 0.325 e. The molecule has 0 saturated carbocycles. The van der Waals surface area contributed by atoms with E-state index in [1.54, 1.807) is 24.3 Å². The molecule has 0 aliphatic carbocycles. The molecular formula is C12H10ClN3O2. The SMILES string of the molecule is N#CCCN1C(=O)NC(c2ccc(Cl)cc2)C1=O. The summed E-state index contributed by atoms with van der Waals surface area (Å²) >= 11 is 5.76. The Balaban J connectivity index is 2.17. The van der Waals surface area contributed by atoms with Crippen LogP contribution < -0.4 is 5.32 Å². The molecule has 1 saturated heterocycles. The lowest BCUT2D eigenvalue weighted by Gasteiger charge is -2.10. The molecule has 1 heterocycles. The van der Waals surface area contributed by atoms with Crippen molar-refractivity contribution in [2.75, 3.05) is 6.54 Å². The molecule has 6 heteroatoms. The molecule has 1 unspecified atom stereocenters. The van der Waals surface area contributed by atoms with Crippen molar-refractivity contribution in [3.8, 4) is 6.07 Å². The molecule has 1 aromatic rings. The van der Waals surface area contributed by atoms with Crippen molar-refractivity contribution >= 4 is 23.5 Å². The van der Waals surface area contributed by atoms with Gasteiger partial charge in [-0.25, -0.2) is 4.79 Å². The lowest BCUT2D eigenvalue weighted by atomic mass is 10.1. The number of nitrogens with one attached hydrogen (secondary N) is 1. The van der Waals surface area contributed by atoms with E-state index in [0.717, 1.165) is 4.90 Å². The fraction of sp³-hybridized carbons (Fsp3) is 0.250. The first kappa shape index (κ1) is 12.4. The number of rotatable bonds is 3. The molecule has 1 atom stereocenters. The maximum absolute atomic E-state index is 12.0. The average Bonchev–Trinajstić information content (AvgIpc) is 2.64. The number of imide groups is 1. The van der Waals surface area contributed by atoms with Crippen LogP contribution in [-0.2, 0) is 4.79 Å². The number of hydrogen-bond acceptors (Lipinski definition) is 3. The zero-order chi connectivity index (χ0) is 13.1. The summed E-state index contributed by atoms with van der Waals surface area (Å²) in [5.74, 6) is -0.336. The van der Waals surface area contributed by atoms with Crippen LogP contribution in [-0.4, -0.2) is 23.4 Å². The van der Waals surface area contributed by atoms with Crippen molar-refractivity contribution in [2.45, 2.75) is 12.5 Å². The van der Waals surface area contributed by atoms with E-state index in [2.05, 4.69) is 5.32 Å². The van der Waals surface area contributed by atoms with Crippen molar-refractivity contribution in [1.82, 2.24) is 10.2 Å². The molecule has 1 aliphatic rings. The minimum atomic E-state index is -0.687. The number of hydrogen-bond donors (Lipinski definition) is 1. The molecule has 1 aliphatic heterocycles. The fourth-order valence-electron chi connectivity index (χ4n) is 1.77. The highest BCUT2D eigenvalue weighted by atomic mass is 35.5. The maximum atomic E-state index is 12.0. The lowest BCUT2D eigenvalue weighted by molar-refractivity contribution is -0.127. The molecule has 5 nitrogen and oxygen atoms in total. The van der Waals surface area contributed by atoms with E-state index in [-0.39, 0.29) is 18.9 Å². The molecule has 3 amide bonds. The summed E-state index contributed by atoms with van der Waals surface area (Å²) in [6.07, 6.45) is 0.131. The molecule has 0 bridgehead atoms. The molecule has 0 aromatic heterocycles. The van der Waals surface area contributed by atoms with Crippen LogP contribution in [0.25, 0.3) is 0 Å². The van der Waals surface area contributed by atoms with Crippen molar-refractivity contribution in [1.29, 1.82) is 5.26 Å². The highest BCUT2D eigenvalue weighted by Gasteiger charge is 2.38. The van der Waals surface area contributed by atoms with Crippen LogP contribution in [0.1, 0.15) is 18.0 Å². The Labute approximate surface area is 109 Å². The first-order valence-corrected chi connectivity index (χ1v) is 5.75. The fourth-order valence-corrected chi connectivity index (χ4v) is 1.90. The number of nitriles is 1. The quantitative estimate of drug-likeness (QED) is 0.846. The highest BCUT2D eigenvalue weighted by Crippen LogP contribution is 2.23. The van der Waals surface area contributed by atoms with Crippen molar-refractivity contribution < 1.29 is 9.59 Å². The zero-order valence-corrected chi connectivity index (χ0v) is 10.1. The standard InChI is InChI=1S/C12H10ClN3O2/c13-9-4-2-8(3-5-9)10-11(17)16(7-1-6-14)12(18)15-10/h2-5,10H,1,7H2,(H,15,18). The van der Waals surface area contributed by atoms with Crippen LogP contribution in [0.15, 0.2) is 24.3 Å². The summed E-state index contributed by atoms with van der Waals surface area (Å²) in [6.45, 7) is 0.116. The highest BCUT2D eigenvalue weighted by molar-refractivity contribution is 6.30. The monoisotopic (exact) mass is 263 g/mol. The molecule has 2 rings (SSSR count). The summed E-state index contributed by atoms with van der Waals surface area (Å²) in [4.78, 5) is 24.7. The van der Waals surface area contributed by atoms with Crippen LogP contribution in [0, 0.1) is 11.3 Å². The minimum absolute atomic E-state index is 0.116. The van der Waals surface area contributed by atoms with E-state index >= 15 is 0 Å². The third-order valence-corrected chi connectivity index (χ3v) is 2.93. The molecule has 1 aromatic carbocycles. The normalized spacial score (nSPS) is 18.7. The Bertz CT molecular complexity index is 521. The van der Waals surface area contributed by atoms with Gasteiger partial charge in [0.05, 0.1) is 12.5 Å². The van der Waals surface area contributed by atoms with Crippen molar-refractivity contribution in [3.05, 3.63) is 34.9 Å². The van der Waals surface area contributed by atoms with Gasteiger partial charge in [-0.05, 0) is 17.7 Å². The smallest absolute Gasteiger partial charge is 0.322 e. The molecule has 0 spiro atoms. The van der Waals surface area contributed by atoms with Gasteiger partial charge >= 0.3 is 6.03 Å². The Morgan fingerprint density at radius 3 is 2.61 bits per heavy atom. The van der Waals surface area contributed by atoms with Crippen LogP contribution in [0.3, 0.4) is 0 Å². The summed E-state index contributed by atoms with van der Waals surface area (Å²) in [5, 5.41) is 11.6. The maximum Gasteiger partial charge on any atom is 0.325 e. The number of amides is 3. The number of benzene rings is 1. The predicted octanol–water partition coefficient (Wildman–Crippen LogP) is 1.85. The first-order valence-electron chi connectivity index (χ1n) is 5.38. The summed E-state index contributed by atoms with van der Waals surface area (Å²) < 4.78 is 0. The predicted molar refractivity (Wildman–Crippen MR) is 64.7 cm³/mol. The van der Waals surface area contributed by atoms with E-state index in [1.807, 2.05) is 6.07 Å². The molecule has 1 N–H and O–H groups in total. The van der Waals surface area contributed by atoms with Gasteiger partial charge < -0.3 is 5.32 Å². The molecule has 0 radical (unpaired) electrons. The number of carbonyl (C=O) groups excluding carboxylic acids is 2. The summed E-state index contributed by atoms with van der Waals surface area (Å²) in [7, 11) is 0. The lowest BCUT2D eigenvalue weighted by Crippen LogP contribution is -2.31. The van der Waals surface area contributed by atoms with E-state index in [0.29, 0.717) is 10.6 Å². The van der Waals surface area contributed by atoms with E-state index in [4.69, 9.17) is 16.9 Å². The first-order chi connectivity index (χ1) is 8.63. The van der Waals surface area contributed by atoms with E-state index < -0.39 is 12.1 Å². The van der Waals surface area contributed by atoms with Gasteiger partial charge in [-0.1, -0.05) is 23.7 Å². The number of urea groups is 1. The third kappa shape index (κ3) is 2.29.